The summed E-state index contributed by atoms with van der Waals surface area (Å²) in [5.41, 5.74) is 5.42. The maximum absolute atomic E-state index is 13.2. The zero-order chi connectivity index (χ0) is 22.1. The first-order chi connectivity index (χ1) is 14.9. The average molecular weight is 421 g/mol. The van der Waals surface area contributed by atoms with Gasteiger partial charge in [-0.25, -0.2) is 0 Å². The van der Waals surface area contributed by atoms with E-state index in [4.69, 9.17) is 0 Å². The predicted octanol–water partition coefficient (Wildman–Crippen LogP) is 3.61. The summed E-state index contributed by atoms with van der Waals surface area (Å²) in [6.07, 6.45) is 6.74. The third-order valence-electron chi connectivity index (χ3n) is 6.71. The number of benzene rings is 1. The molecule has 3 atom stereocenters. The summed E-state index contributed by atoms with van der Waals surface area (Å²) in [6, 6.07) is 8.11. The molecule has 2 aliphatic heterocycles. The van der Waals surface area contributed by atoms with Gasteiger partial charge in [-0.2, -0.15) is 0 Å². The summed E-state index contributed by atoms with van der Waals surface area (Å²) in [7, 11) is 1.82. The molecule has 0 spiro atoms. The number of hydrogen-bond acceptors (Lipinski definition) is 4. The van der Waals surface area contributed by atoms with Crippen molar-refractivity contribution in [2.75, 3.05) is 11.9 Å². The molecule has 2 amide bonds. The molecule has 1 saturated heterocycles. The van der Waals surface area contributed by atoms with E-state index in [1.54, 1.807) is 4.90 Å². The van der Waals surface area contributed by atoms with Crippen LogP contribution in [-0.2, 0) is 11.2 Å². The van der Waals surface area contributed by atoms with Gasteiger partial charge in [0.1, 0.15) is 0 Å². The fourth-order valence-electron chi connectivity index (χ4n) is 4.80. The summed E-state index contributed by atoms with van der Waals surface area (Å²) < 4.78 is 0. The minimum absolute atomic E-state index is 0.000380. The smallest absolute Gasteiger partial charge is 0.252 e. The summed E-state index contributed by atoms with van der Waals surface area (Å²) >= 11 is 0. The van der Waals surface area contributed by atoms with Gasteiger partial charge in [0.25, 0.3) is 5.91 Å². The van der Waals surface area contributed by atoms with Gasteiger partial charge < -0.3 is 10.2 Å². The van der Waals surface area contributed by atoms with Crippen molar-refractivity contribution in [1.29, 1.82) is 0 Å². The summed E-state index contributed by atoms with van der Waals surface area (Å²) in [6.45, 7) is 6.10. The van der Waals surface area contributed by atoms with Crippen molar-refractivity contribution in [3.63, 3.8) is 0 Å². The predicted molar refractivity (Wildman–Crippen MR) is 122 cm³/mol. The number of aryl methyl sites for hydroxylation is 2. The fourth-order valence-corrected chi connectivity index (χ4v) is 4.80. The standard InChI is InChI=1S/C25H32N4O2/c1-5-19-7-6-8-23(27-19)28-24(30)17-10-9-15(2)20(12-17)21-13-18-14-26-16(3)11-22(18)29(4)25(21)31/h9-12,14,19,21,23,27H,5-8,13H2,1-4H3,(H,28,30). The van der Waals surface area contributed by atoms with Gasteiger partial charge in [-0.15, -0.1) is 0 Å². The van der Waals surface area contributed by atoms with E-state index in [9.17, 15) is 9.59 Å². The Morgan fingerprint density at radius 2 is 2.06 bits per heavy atom. The number of rotatable bonds is 4. The number of nitrogens with one attached hydrogen (secondary N) is 2. The lowest BCUT2D eigenvalue weighted by Gasteiger charge is -2.33. The van der Waals surface area contributed by atoms with Gasteiger partial charge >= 0.3 is 0 Å². The topological polar surface area (TPSA) is 74.3 Å². The van der Waals surface area contributed by atoms with E-state index in [1.807, 2.05) is 51.4 Å². The maximum Gasteiger partial charge on any atom is 0.252 e. The van der Waals surface area contributed by atoms with Crippen molar-refractivity contribution >= 4 is 17.5 Å². The lowest BCUT2D eigenvalue weighted by atomic mass is 9.84. The minimum atomic E-state index is -0.313. The number of piperidine rings is 1. The molecule has 164 valence electrons. The minimum Gasteiger partial charge on any atom is -0.337 e. The van der Waals surface area contributed by atoms with E-state index >= 15 is 0 Å². The number of likely N-dealkylation sites (N-methyl/N-ethyl adjacent to an activating group) is 1. The molecule has 6 heteroatoms. The highest BCUT2D eigenvalue weighted by Gasteiger charge is 2.33. The number of carbonyl (C=O) groups excluding carboxylic acids is 2. The molecule has 0 bridgehead atoms. The average Bonchev–Trinajstić information content (AvgIpc) is 2.77. The van der Waals surface area contributed by atoms with Crippen LogP contribution < -0.4 is 15.5 Å². The van der Waals surface area contributed by atoms with Crippen molar-refractivity contribution in [3.05, 3.63) is 58.4 Å². The fraction of sp³-hybridized carbons (Fsp3) is 0.480. The van der Waals surface area contributed by atoms with Gasteiger partial charge in [0.2, 0.25) is 5.91 Å². The Labute approximate surface area is 184 Å². The summed E-state index contributed by atoms with van der Waals surface area (Å²) in [4.78, 5) is 32.3. The molecule has 4 rings (SSSR count). The normalized spacial score (nSPS) is 23.4. The summed E-state index contributed by atoms with van der Waals surface area (Å²) in [5.74, 6) is -0.352. The molecule has 6 nitrogen and oxygen atoms in total. The second kappa shape index (κ2) is 8.79. The highest BCUT2D eigenvalue weighted by molar-refractivity contribution is 6.01. The molecular formula is C25H32N4O2. The van der Waals surface area contributed by atoms with Crippen molar-refractivity contribution in [2.24, 2.45) is 0 Å². The Kier molecular flexibility index (Phi) is 6.10. The highest BCUT2D eigenvalue weighted by atomic mass is 16.2. The first kappa shape index (κ1) is 21.5. The van der Waals surface area contributed by atoms with E-state index in [0.717, 1.165) is 53.8 Å². The van der Waals surface area contributed by atoms with Crippen molar-refractivity contribution in [2.45, 2.75) is 71.0 Å². The second-order valence-corrected chi connectivity index (χ2v) is 8.91. The number of aromatic nitrogens is 1. The van der Waals surface area contributed by atoms with Crippen LogP contribution in [0, 0.1) is 13.8 Å². The molecule has 1 aromatic carbocycles. The van der Waals surface area contributed by atoms with Gasteiger partial charge in [-0.05, 0) is 80.8 Å². The van der Waals surface area contributed by atoms with E-state index in [1.165, 1.54) is 0 Å². The van der Waals surface area contributed by atoms with Crippen LogP contribution in [0.5, 0.6) is 0 Å². The van der Waals surface area contributed by atoms with Gasteiger partial charge in [0.05, 0.1) is 12.1 Å². The molecule has 2 N–H and O–H groups in total. The molecule has 3 unspecified atom stereocenters. The van der Waals surface area contributed by atoms with Gasteiger partial charge in [-0.1, -0.05) is 13.0 Å². The van der Waals surface area contributed by atoms with Crippen LogP contribution in [0.2, 0.25) is 0 Å². The quantitative estimate of drug-likeness (QED) is 0.792. The molecule has 0 aliphatic carbocycles. The third kappa shape index (κ3) is 4.35. The number of fused-ring (bicyclic) bond motifs is 1. The molecule has 2 aromatic rings. The van der Waals surface area contributed by atoms with E-state index in [2.05, 4.69) is 22.5 Å². The van der Waals surface area contributed by atoms with E-state index in [-0.39, 0.29) is 23.9 Å². The van der Waals surface area contributed by atoms with E-state index in [0.29, 0.717) is 18.0 Å². The lowest BCUT2D eigenvalue weighted by Crippen LogP contribution is -2.52. The molecular weight excluding hydrogens is 388 g/mol. The van der Waals surface area contributed by atoms with Crippen LogP contribution in [0.25, 0.3) is 0 Å². The largest absolute Gasteiger partial charge is 0.337 e. The van der Waals surface area contributed by atoms with Crippen LogP contribution in [0.1, 0.15) is 71.3 Å². The Morgan fingerprint density at radius 3 is 2.84 bits per heavy atom. The molecule has 1 aromatic heterocycles. The number of nitrogens with zero attached hydrogens (tertiary/aromatic N) is 2. The second-order valence-electron chi connectivity index (χ2n) is 8.91. The van der Waals surface area contributed by atoms with Crippen LogP contribution in [0.3, 0.4) is 0 Å². The number of carbonyl (C=O) groups is 2. The first-order valence-electron chi connectivity index (χ1n) is 11.3. The van der Waals surface area contributed by atoms with Gasteiger partial charge in [0.15, 0.2) is 0 Å². The van der Waals surface area contributed by atoms with Crippen LogP contribution in [0.4, 0.5) is 5.69 Å². The van der Waals surface area contributed by atoms with E-state index < -0.39 is 0 Å². The zero-order valence-corrected chi connectivity index (χ0v) is 18.9. The maximum atomic E-state index is 13.2. The van der Waals surface area contributed by atoms with Crippen molar-refractivity contribution in [3.8, 4) is 0 Å². The molecule has 31 heavy (non-hydrogen) atoms. The Balaban J connectivity index is 1.57. The molecule has 1 fully saturated rings. The lowest BCUT2D eigenvalue weighted by molar-refractivity contribution is -0.120. The number of amides is 2. The van der Waals surface area contributed by atoms with Crippen molar-refractivity contribution < 1.29 is 9.59 Å². The first-order valence-corrected chi connectivity index (χ1v) is 11.3. The number of pyridine rings is 1. The third-order valence-corrected chi connectivity index (χ3v) is 6.71. The molecule has 3 heterocycles. The highest BCUT2D eigenvalue weighted by Crippen LogP contribution is 2.36. The van der Waals surface area contributed by atoms with Crippen LogP contribution in [-0.4, -0.2) is 36.1 Å². The Hall–Kier alpha value is -2.73. The number of hydrogen-bond donors (Lipinski definition) is 2. The molecule has 0 radical (unpaired) electrons. The molecule has 2 aliphatic rings. The van der Waals surface area contributed by atoms with Crippen LogP contribution in [0.15, 0.2) is 30.5 Å². The van der Waals surface area contributed by atoms with Gasteiger partial charge in [-0.3, -0.25) is 19.9 Å². The SMILES string of the molecule is CCC1CCCC(NC(=O)c2ccc(C)c(C3Cc4cnc(C)cc4N(C)C3=O)c2)N1. The zero-order valence-electron chi connectivity index (χ0n) is 18.9. The Morgan fingerprint density at radius 1 is 1.26 bits per heavy atom. The van der Waals surface area contributed by atoms with Gasteiger partial charge in [0, 0.05) is 36.2 Å². The molecule has 0 saturated carbocycles. The van der Waals surface area contributed by atoms with Crippen molar-refractivity contribution in [1.82, 2.24) is 15.6 Å². The van der Waals surface area contributed by atoms with Crippen LogP contribution >= 0.6 is 0 Å². The monoisotopic (exact) mass is 420 g/mol. The summed E-state index contributed by atoms with van der Waals surface area (Å²) in [5, 5.41) is 6.66. The Bertz CT molecular complexity index is 1000. The number of anilines is 1.